The van der Waals surface area contributed by atoms with Gasteiger partial charge in [-0.15, -0.1) is 12.4 Å². The highest BCUT2D eigenvalue weighted by Gasteiger charge is 2.23. The zero-order valence-corrected chi connectivity index (χ0v) is 17.7. The summed E-state index contributed by atoms with van der Waals surface area (Å²) in [7, 11) is 1.89. The predicted octanol–water partition coefficient (Wildman–Crippen LogP) is 4.02. The molecule has 1 atom stereocenters. The van der Waals surface area contributed by atoms with Crippen molar-refractivity contribution < 1.29 is 9.59 Å². The number of hydrogen-bond acceptors (Lipinski definition) is 3. The van der Waals surface area contributed by atoms with E-state index >= 15 is 0 Å². The first-order chi connectivity index (χ1) is 13.5. The normalized spacial score (nSPS) is 15.1. The molecule has 1 saturated carbocycles. The molecule has 0 saturated heterocycles. The third kappa shape index (κ3) is 6.31. The van der Waals surface area contributed by atoms with Crippen LogP contribution >= 0.6 is 12.4 Å². The number of amides is 2. The Morgan fingerprint density at radius 1 is 1.03 bits per heavy atom. The molecule has 0 aliphatic heterocycles. The summed E-state index contributed by atoms with van der Waals surface area (Å²) in [5.74, 6) is -0.201. The van der Waals surface area contributed by atoms with Gasteiger partial charge >= 0.3 is 0 Å². The molecule has 29 heavy (non-hydrogen) atoms. The summed E-state index contributed by atoms with van der Waals surface area (Å²) in [6, 6.07) is 16.5. The van der Waals surface area contributed by atoms with Crippen molar-refractivity contribution >= 4 is 29.9 Å². The van der Waals surface area contributed by atoms with Gasteiger partial charge in [0.1, 0.15) is 0 Å². The Hall–Kier alpha value is -2.37. The molecule has 0 unspecified atom stereocenters. The van der Waals surface area contributed by atoms with Gasteiger partial charge in [0.05, 0.1) is 6.04 Å². The monoisotopic (exact) mass is 415 g/mol. The van der Waals surface area contributed by atoms with Gasteiger partial charge in [-0.05, 0) is 49.1 Å². The molecule has 1 fully saturated rings. The Kier molecular flexibility index (Phi) is 8.68. The van der Waals surface area contributed by atoms with Crippen molar-refractivity contribution in [1.29, 1.82) is 0 Å². The van der Waals surface area contributed by atoms with Crippen LogP contribution in [-0.2, 0) is 11.2 Å². The van der Waals surface area contributed by atoms with Crippen LogP contribution in [0.15, 0.2) is 54.6 Å². The molecular formula is C23H30ClN3O2. The Labute approximate surface area is 179 Å². The fraction of sp³-hybridized carbons (Fsp3) is 0.391. The van der Waals surface area contributed by atoms with E-state index in [0.29, 0.717) is 23.7 Å². The number of nitrogens with zero attached hydrogens (tertiary/aromatic N) is 1. The number of halogens is 1. The van der Waals surface area contributed by atoms with E-state index in [-0.39, 0.29) is 24.2 Å². The smallest absolute Gasteiger partial charge is 0.253 e. The average Bonchev–Trinajstić information content (AvgIpc) is 2.74. The van der Waals surface area contributed by atoms with Gasteiger partial charge in [0.15, 0.2) is 0 Å². The number of anilines is 1. The number of carbonyl (C=O) groups excluding carboxylic acids is 2. The molecule has 0 heterocycles. The fourth-order valence-corrected chi connectivity index (χ4v) is 3.73. The van der Waals surface area contributed by atoms with Crippen LogP contribution in [0, 0.1) is 0 Å². The van der Waals surface area contributed by atoms with E-state index in [4.69, 9.17) is 5.73 Å². The molecule has 156 valence electrons. The van der Waals surface area contributed by atoms with Crippen LogP contribution in [0.5, 0.6) is 0 Å². The summed E-state index contributed by atoms with van der Waals surface area (Å²) >= 11 is 0. The van der Waals surface area contributed by atoms with Gasteiger partial charge in [0.25, 0.3) is 5.91 Å². The zero-order chi connectivity index (χ0) is 19.9. The van der Waals surface area contributed by atoms with Crippen molar-refractivity contribution in [3.05, 3.63) is 65.7 Å². The molecule has 3 N–H and O–H groups in total. The maximum Gasteiger partial charge on any atom is 0.253 e. The lowest BCUT2D eigenvalue weighted by atomic mass is 9.94. The molecule has 1 aliphatic rings. The predicted molar refractivity (Wildman–Crippen MR) is 119 cm³/mol. The first kappa shape index (κ1) is 22.9. The molecule has 1 aliphatic carbocycles. The molecule has 0 radical (unpaired) electrons. The maximum atomic E-state index is 12.7. The lowest BCUT2D eigenvalue weighted by Crippen LogP contribution is -2.38. The van der Waals surface area contributed by atoms with Crippen LogP contribution in [0.1, 0.15) is 48.0 Å². The number of nitrogens with two attached hydrogens (primary N) is 1. The van der Waals surface area contributed by atoms with Gasteiger partial charge in [0.2, 0.25) is 5.91 Å². The topological polar surface area (TPSA) is 75.4 Å². The highest BCUT2D eigenvalue weighted by molar-refractivity contribution is 5.97. The highest BCUT2D eigenvalue weighted by atomic mass is 35.5. The number of rotatable bonds is 6. The van der Waals surface area contributed by atoms with Crippen molar-refractivity contribution in [2.24, 2.45) is 5.73 Å². The van der Waals surface area contributed by atoms with Crippen LogP contribution in [-0.4, -0.2) is 35.8 Å². The SMILES string of the molecule is CN(C(=O)c1ccc(NC(=O)[C@@H](N)Cc2ccccc2)cc1)C1CCCCC1.Cl. The van der Waals surface area contributed by atoms with E-state index < -0.39 is 6.04 Å². The van der Waals surface area contributed by atoms with Crippen LogP contribution in [0.4, 0.5) is 5.69 Å². The van der Waals surface area contributed by atoms with Crippen molar-refractivity contribution in [2.45, 2.75) is 50.6 Å². The van der Waals surface area contributed by atoms with Gasteiger partial charge in [-0.3, -0.25) is 9.59 Å². The van der Waals surface area contributed by atoms with E-state index in [0.717, 1.165) is 18.4 Å². The molecule has 0 bridgehead atoms. The molecule has 2 aromatic carbocycles. The van der Waals surface area contributed by atoms with Crippen molar-refractivity contribution in [1.82, 2.24) is 4.90 Å². The Morgan fingerprint density at radius 2 is 1.66 bits per heavy atom. The van der Waals surface area contributed by atoms with E-state index in [2.05, 4.69) is 5.32 Å². The summed E-state index contributed by atoms with van der Waals surface area (Å²) in [5.41, 5.74) is 8.33. The molecule has 3 rings (SSSR count). The maximum absolute atomic E-state index is 12.7. The van der Waals surface area contributed by atoms with Gasteiger partial charge in [-0.25, -0.2) is 0 Å². The lowest BCUT2D eigenvalue weighted by Gasteiger charge is -2.31. The second kappa shape index (κ2) is 11.0. The van der Waals surface area contributed by atoms with E-state index in [1.807, 2.05) is 42.3 Å². The van der Waals surface area contributed by atoms with Crippen molar-refractivity contribution in [2.75, 3.05) is 12.4 Å². The van der Waals surface area contributed by atoms with Gasteiger partial charge < -0.3 is 16.0 Å². The van der Waals surface area contributed by atoms with Gasteiger partial charge in [0, 0.05) is 24.3 Å². The molecule has 2 amide bonds. The first-order valence-corrected chi connectivity index (χ1v) is 10.0. The largest absolute Gasteiger partial charge is 0.339 e. The summed E-state index contributed by atoms with van der Waals surface area (Å²) in [4.78, 5) is 26.9. The number of benzene rings is 2. The standard InChI is InChI=1S/C23H29N3O2.ClH/c1-26(20-10-6-3-7-11-20)23(28)18-12-14-19(15-13-18)25-22(27)21(24)16-17-8-4-2-5-9-17;/h2,4-5,8-9,12-15,20-21H,3,6-7,10-11,16,24H2,1H3,(H,25,27);1H/t21-;/m0./s1. The summed E-state index contributed by atoms with van der Waals surface area (Å²) in [6.07, 6.45) is 6.28. The second-order valence-corrected chi connectivity index (χ2v) is 7.57. The number of nitrogens with one attached hydrogen (secondary N) is 1. The molecule has 6 heteroatoms. The highest BCUT2D eigenvalue weighted by Crippen LogP contribution is 2.23. The summed E-state index contributed by atoms with van der Waals surface area (Å²) < 4.78 is 0. The minimum absolute atomic E-state index is 0. The Bertz CT molecular complexity index is 790. The molecule has 0 spiro atoms. The lowest BCUT2D eigenvalue weighted by molar-refractivity contribution is -0.117. The molecular weight excluding hydrogens is 386 g/mol. The van der Waals surface area contributed by atoms with E-state index in [1.165, 1.54) is 19.3 Å². The fourth-order valence-electron chi connectivity index (χ4n) is 3.73. The van der Waals surface area contributed by atoms with Crippen LogP contribution < -0.4 is 11.1 Å². The first-order valence-electron chi connectivity index (χ1n) is 10.0. The van der Waals surface area contributed by atoms with Crippen LogP contribution in [0.25, 0.3) is 0 Å². The van der Waals surface area contributed by atoms with Gasteiger partial charge in [-0.1, -0.05) is 49.6 Å². The minimum atomic E-state index is -0.624. The molecule has 5 nitrogen and oxygen atoms in total. The third-order valence-electron chi connectivity index (χ3n) is 5.48. The summed E-state index contributed by atoms with van der Waals surface area (Å²) in [6.45, 7) is 0. The number of hydrogen-bond donors (Lipinski definition) is 2. The Morgan fingerprint density at radius 3 is 2.28 bits per heavy atom. The zero-order valence-electron chi connectivity index (χ0n) is 16.8. The molecule has 0 aromatic heterocycles. The average molecular weight is 416 g/mol. The van der Waals surface area contributed by atoms with Crippen LogP contribution in [0.2, 0.25) is 0 Å². The van der Waals surface area contributed by atoms with Gasteiger partial charge in [-0.2, -0.15) is 0 Å². The minimum Gasteiger partial charge on any atom is -0.339 e. The molecule has 2 aromatic rings. The van der Waals surface area contributed by atoms with E-state index in [9.17, 15) is 9.59 Å². The Balaban J connectivity index is 0.00000300. The third-order valence-corrected chi connectivity index (χ3v) is 5.48. The van der Waals surface area contributed by atoms with Crippen LogP contribution in [0.3, 0.4) is 0 Å². The van der Waals surface area contributed by atoms with Crippen molar-refractivity contribution in [3.8, 4) is 0 Å². The quantitative estimate of drug-likeness (QED) is 0.748. The number of carbonyl (C=O) groups is 2. The summed E-state index contributed by atoms with van der Waals surface area (Å²) in [5, 5.41) is 2.83. The second-order valence-electron chi connectivity index (χ2n) is 7.57. The van der Waals surface area contributed by atoms with Crippen molar-refractivity contribution in [3.63, 3.8) is 0 Å². The van der Waals surface area contributed by atoms with E-state index in [1.54, 1.807) is 24.3 Å².